The molecule has 4 rings (SSSR count). The Bertz CT molecular complexity index is 1090. The number of fused-ring (bicyclic) bond motifs is 1. The molecule has 0 bridgehead atoms. The highest BCUT2D eigenvalue weighted by atomic mass is 79.9. The first-order valence-electron chi connectivity index (χ1n) is 9.02. The first-order valence-corrected chi connectivity index (χ1v) is 9.81. The van der Waals surface area contributed by atoms with Crippen LogP contribution in [0, 0.1) is 0 Å². The van der Waals surface area contributed by atoms with Gasteiger partial charge in [0.25, 0.3) is 0 Å². The van der Waals surface area contributed by atoms with Crippen LogP contribution in [0.15, 0.2) is 76.8 Å². The molecule has 1 aliphatic carbocycles. The Morgan fingerprint density at radius 2 is 1.52 bits per heavy atom. The molecule has 4 nitrogen and oxygen atoms in total. The summed E-state index contributed by atoms with van der Waals surface area (Å²) >= 11 is 3.41. The highest BCUT2D eigenvalue weighted by Gasteiger charge is 2.32. The van der Waals surface area contributed by atoms with Gasteiger partial charge in [0.05, 0.1) is 12.7 Å². The van der Waals surface area contributed by atoms with Crippen molar-refractivity contribution in [2.24, 2.45) is 0 Å². The predicted octanol–water partition coefficient (Wildman–Crippen LogP) is 5.50. The van der Waals surface area contributed by atoms with Crippen LogP contribution < -0.4 is 9.47 Å². The summed E-state index contributed by atoms with van der Waals surface area (Å²) in [5, 5.41) is 0. The van der Waals surface area contributed by atoms with E-state index >= 15 is 0 Å². The fraction of sp³-hybridized carbons (Fsp3) is 0.0833. The van der Waals surface area contributed by atoms with Crippen molar-refractivity contribution >= 4 is 33.6 Å². The van der Waals surface area contributed by atoms with E-state index in [-0.39, 0.29) is 17.1 Å². The van der Waals surface area contributed by atoms with Crippen LogP contribution >= 0.6 is 15.9 Å². The van der Waals surface area contributed by atoms with Crippen molar-refractivity contribution in [1.82, 2.24) is 0 Å². The van der Waals surface area contributed by atoms with Crippen molar-refractivity contribution in [2.75, 3.05) is 7.11 Å². The van der Waals surface area contributed by atoms with Gasteiger partial charge in [-0.05, 0) is 41.5 Å². The number of halogens is 1. The molecule has 29 heavy (non-hydrogen) atoms. The van der Waals surface area contributed by atoms with Crippen LogP contribution in [0.1, 0.15) is 31.8 Å². The third-order valence-electron chi connectivity index (χ3n) is 4.71. The SMILES string of the molecule is COc1cc(C=C2C(=O)c3ccccc3C2=O)ccc1OCc1ccc(Br)cc1. The number of hydrogen-bond donors (Lipinski definition) is 0. The molecule has 144 valence electrons. The average Bonchev–Trinajstić information content (AvgIpc) is 2.99. The van der Waals surface area contributed by atoms with Crippen molar-refractivity contribution in [3.8, 4) is 11.5 Å². The summed E-state index contributed by atoms with van der Waals surface area (Å²) in [5.74, 6) is 0.622. The number of rotatable bonds is 5. The van der Waals surface area contributed by atoms with Crippen LogP contribution in [-0.4, -0.2) is 18.7 Å². The van der Waals surface area contributed by atoms with Gasteiger partial charge in [0.15, 0.2) is 23.1 Å². The van der Waals surface area contributed by atoms with E-state index in [2.05, 4.69) is 15.9 Å². The molecular formula is C24H17BrO4. The van der Waals surface area contributed by atoms with Crippen LogP contribution in [0.5, 0.6) is 11.5 Å². The van der Waals surface area contributed by atoms with E-state index in [9.17, 15) is 9.59 Å². The molecule has 5 heteroatoms. The summed E-state index contributed by atoms with van der Waals surface area (Å²) in [5.41, 5.74) is 2.79. The van der Waals surface area contributed by atoms with Crippen molar-refractivity contribution in [3.05, 3.63) is 99.0 Å². The van der Waals surface area contributed by atoms with Crippen LogP contribution in [0.4, 0.5) is 0 Å². The fourth-order valence-electron chi connectivity index (χ4n) is 3.21. The summed E-state index contributed by atoms with van der Waals surface area (Å²) in [6.45, 7) is 0.399. The third-order valence-corrected chi connectivity index (χ3v) is 5.24. The second kappa shape index (κ2) is 8.05. The van der Waals surface area contributed by atoms with Crippen molar-refractivity contribution in [3.63, 3.8) is 0 Å². The Labute approximate surface area is 176 Å². The second-order valence-corrected chi connectivity index (χ2v) is 7.50. The number of ether oxygens (including phenoxy) is 2. The predicted molar refractivity (Wildman–Crippen MR) is 115 cm³/mol. The topological polar surface area (TPSA) is 52.6 Å². The largest absolute Gasteiger partial charge is 0.493 e. The van der Waals surface area contributed by atoms with Gasteiger partial charge in [0, 0.05) is 15.6 Å². The smallest absolute Gasteiger partial charge is 0.197 e. The molecule has 0 saturated carbocycles. The molecule has 3 aromatic rings. The summed E-state index contributed by atoms with van der Waals surface area (Å²) in [6.07, 6.45) is 1.60. The Morgan fingerprint density at radius 3 is 2.14 bits per heavy atom. The van der Waals surface area contributed by atoms with E-state index in [4.69, 9.17) is 9.47 Å². The van der Waals surface area contributed by atoms with Gasteiger partial charge in [-0.15, -0.1) is 0 Å². The van der Waals surface area contributed by atoms with Gasteiger partial charge in [-0.25, -0.2) is 0 Å². The number of benzene rings is 3. The lowest BCUT2D eigenvalue weighted by molar-refractivity contribution is 0.0990. The van der Waals surface area contributed by atoms with E-state index < -0.39 is 0 Å². The molecule has 0 radical (unpaired) electrons. The minimum Gasteiger partial charge on any atom is -0.493 e. The zero-order chi connectivity index (χ0) is 20.4. The van der Waals surface area contributed by atoms with E-state index in [1.54, 1.807) is 55.7 Å². The Hall–Kier alpha value is -3.18. The summed E-state index contributed by atoms with van der Waals surface area (Å²) in [4.78, 5) is 25.1. The number of allylic oxidation sites excluding steroid dienone is 1. The zero-order valence-electron chi connectivity index (χ0n) is 15.6. The third kappa shape index (κ3) is 3.87. The van der Waals surface area contributed by atoms with E-state index in [1.807, 2.05) is 24.3 Å². The summed E-state index contributed by atoms with van der Waals surface area (Å²) in [7, 11) is 1.56. The number of hydrogen-bond acceptors (Lipinski definition) is 4. The van der Waals surface area contributed by atoms with Crippen LogP contribution in [0.25, 0.3) is 6.08 Å². The monoisotopic (exact) mass is 448 g/mol. The molecule has 0 fully saturated rings. The lowest BCUT2D eigenvalue weighted by Gasteiger charge is -2.11. The molecule has 0 amide bonds. The van der Waals surface area contributed by atoms with Gasteiger partial charge >= 0.3 is 0 Å². The first-order chi connectivity index (χ1) is 14.1. The molecule has 0 heterocycles. The fourth-order valence-corrected chi connectivity index (χ4v) is 3.47. The van der Waals surface area contributed by atoms with Gasteiger partial charge < -0.3 is 9.47 Å². The van der Waals surface area contributed by atoms with Gasteiger partial charge in [-0.2, -0.15) is 0 Å². The molecule has 0 N–H and O–H groups in total. The highest BCUT2D eigenvalue weighted by molar-refractivity contribution is 9.10. The quantitative estimate of drug-likeness (QED) is 0.381. The Morgan fingerprint density at radius 1 is 0.862 bits per heavy atom. The second-order valence-electron chi connectivity index (χ2n) is 6.59. The number of carbonyl (C=O) groups excluding carboxylic acids is 2. The van der Waals surface area contributed by atoms with Gasteiger partial charge in [0.2, 0.25) is 0 Å². The molecule has 0 spiro atoms. The molecule has 0 atom stereocenters. The van der Waals surface area contributed by atoms with E-state index in [1.165, 1.54) is 0 Å². The van der Waals surface area contributed by atoms with Gasteiger partial charge in [-0.1, -0.05) is 58.4 Å². The minimum absolute atomic E-state index is 0.164. The Kier molecular flexibility index (Phi) is 5.32. The minimum atomic E-state index is -0.250. The van der Waals surface area contributed by atoms with Gasteiger partial charge in [0.1, 0.15) is 6.61 Å². The molecule has 0 unspecified atom stereocenters. The van der Waals surface area contributed by atoms with Crippen molar-refractivity contribution in [2.45, 2.75) is 6.61 Å². The molecule has 0 saturated heterocycles. The number of carbonyl (C=O) groups is 2. The standard InChI is InChI=1S/C24H17BrO4/c1-28-22-13-16(8-11-21(22)29-14-15-6-9-17(25)10-7-15)12-20-23(26)18-4-2-3-5-19(18)24(20)27/h2-13H,14H2,1H3. The van der Waals surface area contributed by atoms with E-state index in [0.717, 1.165) is 10.0 Å². The zero-order valence-corrected chi connectivity index (χ0v) is 17.2. The maximum atomic E-state index is 12.6. The Balaban J connectivity index is 1.57. The molecule has 3 aromatic carbocycles. The van der Waals surface area contributed by atoms with Crippen LogP contribution in [-0.2, 0) is 6.61 Å². The number of ketones is 2. The van der Waals surface area contributed by atoms with Gasteiger partial charge in [-0.3, -0.25) is 9.59 Å². The lowest BCUT2D eigenvalue weighted by atomic mass is 10.1. The summed E-state index contributed by atoms with van der Waals surface area (Å²) in [6, 6.07) is 20.1. The molecule has 0 aliphatic heterocycles. The van der Waals surface area contributed by atoms with Crippen LogP contribution in [0.2, 0.25) is 0 Å². The number of methoxy groups -OCH3 is 1. The lowest BCUT2D eigenvalue weighted by Crippen LogP contribution is -2.01. The number of Topliss-reactive ketones (excluding diaryl/α,β-unsaturated/α-hetero) is 2. The average molecular weight is 449 g/mol. The molecule has 1 aliphatic rings. The van der Waals surface area contributed by atoms with Crippen LogP contribution in [0.3, 0.4) is 0 Å². The van der Waals surface area contributed by atoms with Crippen molar-refractivity contribution in [1.29, 1.82) is 0 Å². The molecule has 0 aromatic heterocycles. The normalized spacial score (nSPS) is 12.7. The first kappa shape index (κ1) is 19.2. The maximum absolute atomic E-state index is 12.6. The highest BCUT2D eigenvalue weighted by Crippen LogP contribution is 2.32. The van der Waals surface area contributed by atoms with Crippen molar-refractivity contribution < 1.29 is 19.1 Å². The van der Waals surface area contributed by atoms with E-state index in [0.29, 0.717) is 34.8 Å². The molecular weight excluding hydrogens is 432 g/mol. The summed E-state index contributed by atoms with van der Waals surface area (Å²) < 4.78 is 12.3. The maximum Gasteiger partial charge on any atom is 0.197 e.